The second-order valence-corrected chi connectivity index (χ2v) is 25.5. The molecule has 4 aliphatic rings. The average molecular weight is 1660 g/mol. The van der Waals surface area contributed by atoms with Crippen LogP contribution in [0.15, 0.2) is 0 Å². The SMILES string of the molecule is CNC[C@H](O)[C@@H](O)[C@H](O)[C@H](O)CO.NC(CO)(CO)CO.NCCOC1OC(CO)C(OC2OC(CO)C(O)C(O)C2O)C(O)C1O.NCCOC1OC(CO)C(OC2OC(CO)C(O)C(O)C2O)C(O)C1O.OCC(CO)(CO)NCCCNC(CO)(CO)CO.OCCNCCO.OCN(CO)C(CO)(CO)CO. The van der Waals surface area contributed by atoms with E-state index in [2.05, 4.69) is 21.3 Å². The Labute approximate surface area is 639 Å². The Morgan fingerprint density at radius 3 is 0.946 bits per heavy atom. The van der Waals surface area contributed by atoms with Crippen LogP contribution in [0.25, 0.3) is 0 Å². The molecule has 0 aromatic heterocycles. The largest absolute Gasteiger partial charge is 0.395 e. The zero-order valence-electron chi connectivity index (χ0n) is 61.9. The Hall–Kier alpha value is -2.04. The molecule has 0 amide bonds. The lowest BCUT2D eigenvalue weighted by atomic mass is 9.97. The van der Waals surface area contributed by atoms with Crippen molar-refractivity contribution in [2.45, 2.75) is 176 Å². The van der Waals surface area contributed by atoms with Crippen molar-refractivity contribution in [3.8, 4) is 0 Å². The third kappa shape index (κ3) is 37.8. The summed E-state index contributed by atoms with van der Waals surface area (Å²) in [5.74, 6) is 0. The molecular weight excluding hydrogens is 1520 g/mol. The van der Waals surface area contributed by atoms with Crippen LogP contribution < -0.4 is 38.5 Å². The number of nitrogens with one attached hydrogen (secondary N) is 4. The average Bonchev–Trinajstić information content (AvgIpc) is 0.791. The highest BCUT2D eigenvalue weighted by Gasteiger charge is 2.53. The van der Waals surface area contributed by atoms with Crippen LogP contribution in [-0.2, 0) is 37.9 Å². The minimum atomic E-state index is -1.71. The van der Waals surface area contributed by atoms with Crippen LogP contribution in [0, 0.1) is 0 Å². The molecule has 0 saturated carbocycles. The van der Waals surface area contributed by atoms with E-state index >= 15 is 0 Å². The smallest absolute Gasteiger partial charge is 0.187 e. The second-order valence-electron chi connectivity index (χ2n) is 25.5. The van der Waals surface area contributed by atoms with Gasteiger partial charge >= 0.3 is 0 Å². The van der Waals surface area contributed by atoms with Crippen LogP contribution in [0.1, 0.15) is 6.42 Å². The maximum absolute atomic E-state index is 10.3. The van der Waals surface area contributed by atoms with Crippen LogP contribution in [0.5, 0.6) is 0 Å². The van der Waals surface area contributed by atoms with Crippen molar-refractivity contribution < 1.29 is 217 Å². The lowest BCUT2D eigenvalue weighted by molar-refractivity contribution is -0.359. The molecule has 0 aromatic carbocycles. The zero-order chi connectivity index (χ0) is 85.8. The van der Waals surface area contributed by atoms with Crippen LogP contribution >= 0.6 is 0 Å². The number of hydrogen-bond donors (Lipinski definition) is 42. The molecule has 111 heavy (non-hydrogen) atoms. The first-order valence-corrected chi connectivity index (χ1v) is 34.9. The number of aliphatic hydroxyl groups excluding tert-OH is 35. The van der Waals surface area contributed by atoms with E-state index in [1.165, 1.54) is 0 Å². The molecule has 0 spiro atoms. The van der Waals surface area contributed by atoms with Crippen LogP contribution in [0.2, 0.25) is 0 Å². The van der Waals surface area contributed by atoms with E-state index in [1.54, 1.807) is 7.05 Å². The van der Waals surface area contributed by atoms with Gasteiger partial charge in [-0.3, -0.25) is 0 Å². The molecular formula is C60H134N8O43. The number of nitrogens with two attached hydrogens (primary N) is 3. The van der Waals surface area contributed by atoms with E-state index in [4.69, 9.17) is 157 Å². The highest BCUT2D eigenvalue weighted by atomic mass is 16.8. The van der Waals surface area contributed by atoms with Crippen LogP contribution in [-0.4, -0.2) is 558 Å². The first-order valence-electron chi connectivity index (χ1n) is 34.9. The Morgan fingerprint density at radius 2 is 0.703 bits per heavy atom. The van der Waals surface area contributed by atoms with Crippen molar-refractivity contribution in [2.75, 3.05) is 205 Å². The van der Waals surface area contributed by atoms with Gasteiger partial charge in [0.1, 0.15) is 116 Å². The first-order chi connectivity index (χ1) is 52.6. The molecule has 4 saturated heterocycles. The van der Waals surface area contributed by atoms with Gasteiger partial charge in [-0.05, 0) is 26.6 Å². The van der Waals surface area contributed by atoms with E-state index in [0.717, 1.165) is 4.90 Å². The number of ether oxygens (including phenoxy) is 8. The molecule has 4 fully saturated rings. The maximum atomic E-state index is 10.3. The molecule has 51 nitrogen and oxygen atoms in total. The summed E-state index contributed by atoms with van der Waals surface area (Å²) in [5, 5.41) is 333. The van der Waals surface area contributed by atoms with Crippen molar-refractivity contribution in [3.63, 3.8) is 0 Å². The molecule has 0 bridgehead atoms. The van der Waals surface area contributed by atoms with E-state index in [9.17, 15) is 76.6 Å². The van der Waals surface area contributed by atoms with Gasteiger partial charge in [0.25, 0.3) is 0 Å². The first kappa shape index (κ1) is 113. The molecule has 20 unspecified atom stereocenters. The van der Waals surface area contributed by atoms with Gasteiger partial charge in [-0.25, -0.2) is 4.90 Å². The van der Waals surface area contributed by atoms with E-state index in [1.807, 2.05) is 0 Å². The molecule has 4 rings (SSSR count). The van der Waals surface area contributed by atoms with Crippen molar-refractivity contribution in [1.29, 1.82) is 0 Å². The fraction of sp³-hybridized carbons (Fsp3) is 1.00. The normalized spacial score (nSPS) is 29.5. The minimum absolute atomic E-state index is 0.0465. The standard InChI is InChI=1S/2C14H27NO11.C11H26N2O6.C7H17NO5.C6H15NO5.C4H11NO3.C4H11NO2/c2*15-1-2-23-13-11(22)9(20)12(6(4-17)25-13)26-14-10(21)8(19)7(18)5(3-16)24-14;14-4-10(5-15,6-16)12-2-1-3-13-11(7-17,8-18)9-19;1-8-2-4(10)6(12)7(13)5(11)3-9;8-1-6(2-9,3-10)7(4-11)5-12;5-4(1-6,2-7)3-8;6-3-1-5-2-4-7/h2*5-14,16-22H,1-4,15H2;12-19H,1-9H2;4-13H,2-3H2,1H3;8-12H,1-5H2;6-8H,1-3,5H2;5-7H,1-4H2/t;;;4-,5+,6+,7+;;;/m...0.../s1. The minimum Gasteiger partial charge on any atom is -0.395 e. The Morgan fingerprint density at radius 1 is 0.387 bits per heavy atom. The Bertz CT molecular complexity index is 2000. The summed E-state index contributed by atoms with van der Waals surface area (Å²) in [7, 11) is 1.57. The fourth-order valence-electron chi connectivity index (χ4n) is 9.31. The second kappa shape index (κ2) is 63.1. The molecule has 672 valence electrons. The van der Waals surface area contributed by atoms with Crippen molar-refractivity contribution in [1.82, 2.24) is 26.2 Å². The predicted octanol–water partition coefficient (Wildman–Crippen LogP) is -25.1. The molecule has 45 N–H and O–H groups in total. The predicted molar refractivity (Wildman–Crippen MR) is 372 cm³/mol. The van der Waals surface area contributed by atoms with Crippen LogP contribution in [0.3, 0.4) is 0 Å². The van der Waals surface area contributed by atoms with Gasteiger partial charge in [-0.15, -0.1) is 0 Å². The third-order valence-corrected chi connectivity index (χ3v) is 17.0. The number of hydrogen-bond acceptors (Lipinski definition) is 51. The van der Waals surface area contributed by atoms with Crippen molar-refractivity contribution in [3.05, 3.63) is 0 Å². The summed E-state index contributed by atoms with van der Waals surface area (Å²) in [6.07, 6.45) is -34.3. The summed E-state index contributed by atoms with van der Waals surface area (Å²) < 4.78 is 42.2. The van der Waals surface area contributed by atoms with Crippen molar-refractivity contribution in [2.24, 2.45) is 17.2 Å². The molecule has 0 aliphatic carbocycles. The third-order valence-electron chi connectivity index (χ3n) is 17.0. The van der Waals surface area contributed by atoms with Crippen LogP contribution in [0.4, 0.5) is 0 Å². The summed E-state index contributed by atoms with van der Waals surface area (Å²) in [4.78, 5) is 0.965. The quantitative estimate of drug-likeness (QED) is 0.0199. The van der Waals surface area contributed by atoms with E-state index in [-0.39, 0.29) is 85.7 Å². The highest BCUT2D eigenvalue weighted by molar-refractivity contribution is 4.97. The Kier molecular flexibility index (Phi) is 64.3. The molecule has 4 heterocycles. The van der Waals surface area contributed by atoms with Gasteiger partial charge in [0.15, 0.2) is 25.2 Å². The maximum Gasteiger partial charge on any atom is 0.187 e. The molecule has 24 atom stereocenters. The van der Waals surface area contributed by atoms with Gasteiger partial charge < -0.3 is 255 Å². The van der Waals surface area contributed by atoms with E-state index in [0.29, 0.717) is 32.6 Å². The summed E-state index contributed by atoms with van der Waals surface area (Å²) in [5.41, 5.74) is 11.0. The summed E-state index contributed by atoms with van der Waals surface area (Å²) in [6, 6.07) is 0. The number of likely N-dealkylation sites (N-methyl/N-ethyl adjacent to an activating group) is 1. The van der Waals surface area contributed by atoms with Crippen molar-refractivity contribution >= 4 is 0 Å². The van der Waals surface area contributed by atoms with Gasteiger partial charge in [0, 0.05) is 32.7 Å². The summed E-state index contributed by atoms with van der Waals surface area (Å²) in [6.45, 7) is -6.73. The number of aliphatic hydroxyl groups is 35. The number of nitrogens with zero attached hydrogens (tertiary/aromatic N) is 1. The molecule has 0 radical (unpaired) electrons. The molecule has 51 heteroatoms. The monoisotopic (exact) mass is 1650 g/mol. The highest BCUT2D eigenvalue weighted by Crippen LogP contribution is 2.32. The van der Waals surface area contributed by atoms with Gasteiger partial charge in [0.05, 0.1) is 180 Å². The lowest BCUT2D eigenvalue weighted by Crippen LogP contribution is -2.64. The number of rotatable bonds is 45. The lowest BCUT2D eigenvalue weighted by Gasteiger charge is -2.45. The summed E-state index contributed by atoms with van der Waals surface area (Å²) >= 11 is 0. The fourth-order valence-corrected chi connectivity index (χ4v) is 9.31. The van der Waals surface area contributed by atoms with Gasteiger partial charge in [0.2, 0.25) is 0 Å². The zero-order valence-corrected chi connectivity index (χ0v) is 61.9. The van der Waals surface area contributed by atoms with E-state index < -0.39 is 256 Å². The molecule has 4 aliphatic heterocycles. The van der Waals surface area contributed by atoms with Gasteiger partial charge in [-0.2, -0.15) is 0 Å². The topological polar surface area (TPSA) is 911 Å². The Balaban J connectivity index is -0.00000129. The molecule has 0 aromatic rings. The van der Waals surface area contributed by atoms with Gasteiger partial charge in [-0.1, -0.05) is 0 Å².